The number of carbonyl (C=O) groups is 1. The van der Waals surface area contributed by atoms with Gasteiger partial charge in [0.05, 0.1) is 5.41 Å². The normalized spacial score (nSPS) is 15.9. The zero-order chi connectivity index (χ0) is 19.5. The van der Waals surface area contributed by atoms with E-state index >= 15 is 0 Å². The number of hydrogen-bond acceptors (Lipinski definition) is 5. The van der Waals surface area contributed by atoms with Gasteiger partial charge >= 0.3 is 5.97 Å². The van der Waals surface area contributed by atoms with Crippen LogP contribution in [0.3, 0.4) is 0 Å². The molecule has 0 atom stereocenters. The number of benzene rings is 2. The third-order valence-electron chi connectivity index (χ3n) is 5.98. The van der Waals surface area contributed by atoms with Crippen molar-refractivity contribution in [1.29, 1.82) is 0 Å². The molecule has 1 fully saturated rings. The molecule has 0 amide bonds. The fraction of sp³-hybridized carbons (Fsp3) is 0.273. The molecule has 0 saturated heterocycles. The second-order valence-corrected chi connectivity index (χ2v) is 7.59. The molecule has 0 spiro atoms. The molecule has 1 aromatic heterocycles. The number of anilines is 2. The molecule has 1 saturated carbocycles. The Kier molecular flexibility index (Phi) is 3.53. The summed E-state index contributed by atoms with van der Waals surface area (Å²) in [4.78, 5) is 11.6. The Labute approximate surface area is 162 Å². The highest BCUT2D eigenvalue weighted by atomic mass is 16.5. The lowest BCUT2D eigenvalue weighted by Gasteiger charge is -2.24. The number of nitrogens with one attached hydrogen (secondary N) is 2. The molecule has 2 heterocycles. The van der Waals surface area contributed by atoms with Crippen molar-refractivity contribution in [3.63, 3.8) is 0 Å². The van der Waals surface area contributed by atoms with E-state index in [1.54, 1.807) is 0 Å². The van der Waals surface area contributed by atoms with Crippen molar-refractivity contribution in [2.24, 2.45) is 0 Å². The van der Waals surface area contributed by atoms with Gasteiger partial charge in [0, 0.05) is 30.4 Å². The van der Waals surface area contributed by atoms with Crippen LogP contribution in [-0.4, -0.2) is 23.3 Å². The monoisotopic (exact) mass is 375 g/mol. The summed E-state index contributed by atoms with van der Waals surface area (Å²) in [6.07, 6.45) is 1.44. The average molecular weight is 375 g/mol. The van der Waals surface area contributed by atoms with E-state index in [-0.39, 0.29) is 0 Å². The number of aliphatic carboxylic acids is 1. The summed E-state index contributed by atoms with van der Waals surface area (Å²) in [6.45, 7) is 2.56. The topological polar surface area (TPSA) is 87.4 Å². The summed E-state index contributed by atoms with van der Waals surface area (Å²) in [7, 11) is 1.86. The highest BCUT2D eigenvalue weighted by Gasteiger charge is 2.51. The Morgan fingerprint density at radius 2 is 2.00 bits per heavy atom. The van der Waals surface area contributed by atoms with E-state index in [4.69, 9.17) is 4.52 Å². The second kappa shape index (κ2) is 5.86. The predicted molar refractivity (Wildman–Crippen MR) is 108 cm³/mol. The zero-order valence-electron chi connectivity index (χ0n) is 15.8. The number of hydrogen-bond donors (Lipinski definition) is 3. The molecule has 28 heavy (non-hydrogen) atoms. The molecule has 0 radical (unpaired) electrons. The highest BCUT2D eigenvalue weighted by molar-refractivity contribution is 5.89. The van der Waals surface area contributed by atoms with Gasteiger partial charge in [0.15, 0.2) is 5.76 Å². The number of carboxylic acid groups (broad SMARTS) is 1. The van der Waals surface area contributed by atoms with E-state index in [0.717, 1.165) is 63.5 Å². The molecule has 6 nitrogen and oxygen atoms in total. The summed E-state index contributed by atoms with van der Waals surface area (Å²) in [5, 5.41) is 20.4. The number of fused-ring (bicyclic) bond motifs is 3. The molecule has 6 heteroatoms. The lowest BCUT2D eigenvalue weighted by atomic mass is 9.87. The number of carboxylic acids is 1. The lowest BCUT2D eigenvalue weighted by Crippen LogP contribution is -2.20. The van der Waals surface area contributed by atoms with Crippen molar-refractivity contribution in [3.8, 4) is 22.4 Å². The van der Waals surface area contributed by atoms with E-state index in [2.05, 4.69) is 40.1 Å². The van der Waals surface area contributed by atoms with Crippen LogP contribution in [0.2, 0.25) is 0 Å². The van der Waals surface area contributed by atoms with Crippen LogP contribution in [0.25, 0.3) is 22.4 Å². The van der Waals surface area contributed by atoms with Crippen LogP contribution in [-0.2, 0) is 16.8 Å². The summed E-state index contributed by atoms with van der Waals surface area (Å²) >= 11 is 0. The van der Waals surface area contributed by atoms with Gasteiger partial charge in [0.1, 0.15) is 11.4 Å². The fourth-order valence-corrected chi connectivity index (χ4v) is 4.18. The maximum Gasteiger partial charge on any atom is 0.314 e. The first kappa shape index (κ1) is 16.9. The third kappa shape index (κ3) is 2.34. The fourth-order valence-electron chi connectivity index (χ4n) is 4.18. The molecule has 2 aliphatic rings. The van der Waals surface area contributed by atoms with Gasteiger partial charge in [-0.15, -0.1) is 0 Å². The van der Waals surface area contributed by atoms with Gasteiger partial charge in [0.2, 0.25) is 0 Å². The van der Waals surface area contributed by atoms with Crippen molar-refractivity contribution in [2.45, 2.75) is 31.7 Å². The zero-order valence-corrected chi connectivity index (χ0v) is 15.8. The van der Waals surface area contributed by atoms with Gasteiger partial charge in [-0.1, -0.05) is 35.5 Å². The van der Waals surface area contributed by atoms with Crippen molar-refractivity contribution in [2.75, 3.05) is 17.7 Å². The SMILES string of the molecule is CNc1c(-c2ccc3c(c2)NCc2cc(C4(C(=O)O)CC4)ccc2-3)noc1C. The maximum atomic E-state index is 11.6. The predicted octanol–water partition coefficient (Wildman–Crippen LogP) is 4.40. The van der Waals surface area contributed by atoms with Gasteiger partial charge in [-0.25, -0.2) is 0 Å². The average Bonchev–Trinajstić information content (AvgIpc) is 3.44. The summed E-state index contributed by atoms with van der Waals surface area (Å²) in [6, 6.07) is 12.3. The number of nitrogens with zero attached hydrogens (tertiary/aromatic N) is 1. The number of aromatic nitrogens is 1. The Hall–Kier alpha value is -3.28. The standard InChI is InChI=1S/C22H21N3O3/c1-12-19(23-2)20(25-28-12)13-3-5-17-16-6-4-15(22(7-8-22)21(26)27)9-14(16)11-24-18(17)10-13/h3-6,9-10,23-24H,7-8,11H2,1-2H3,(H,26,27). The van der Waals surface area contributed by atoms with Crippen LogP contribution >= 0.6 is 0 Å². The van der Waals surface area contributed by atoms with Crippen LogP contribution in [0, 0.1) is 6.92 Å². The first-order chi connectivity index (χ1) is 13.5. The largest absolute Gasteiger partial charge is 0.481 e. The Bertz CT molecular complexity index is 1110. The first-order valence-electron chi connectivity index (χ1n) is 9.43. The van der Waals surface area contributed by atoms with Gasteiger partial charge in [-0.3, -0.25) is 4.79 Å². The Balaban J connectivity index is 1.55. The summed E-state index contributed by atoms with van der Waals surface area (Å²) < 4.78 is 5.33. The van der Waals surface area contributed by atoms with E-state index in [1.807, 2.05) is 26.1 Å². The third-order valence-corrected chi connectivity index (χ3v) is 5.98. The maximum absolute atomic E-state index is 11.6. The molecule has 0 bridgehead atoms. The molecule has 5 rings (SSSR count). The van der Waals surface area contributed by atoms with Gasteiger partial charge in [0.25, 0.3) is 0 Å². The Morgan fingerprint density at radius 1 is 1.21 bits per heavy atom. The van der Waals surface area contributed by atoms with Crippen molar-refractivity contribution >= 4 is 17.3 Å². The van der Waals surface area contributed by atoms with Crippen LogP contribution in [0.4, 0.5) is 11.4 Å². The van der Waals surface area contributed by atoms with Crippen LogP contribution in [0.5, 0.6) is 0 Å². The Morgan fingerprint density at radius 3 is 2.71 bits per heavy atom. The molecule has 142 valence electrons. The molecule has 1 aliphatic carbocycles. The van der Waals surface area contributed by atoms with E-state index in [0.29, 0.717) is 6.54 Å². The highest BCUT2D eigenvalue weighted by Crippen LogP contribution is 2.50. The van der Waals surface area contributed by atoms with Crippen LogP contribution < -0.4 is 10.6 Å². The first-order valence-corrected chi connectivity index (χ1v) is 9.43. The summed E-state index contributed by atoms with van der Waals surface area (Å²) in [5.41, 5.74) is 7.35. The van der Waals surface area contributed by atoms with Crippen molar-refractivity contribution in [1.82, 2.24) is 5.16 Å². The van der Waals surface area contributed by atoms with Crippen molar-refractivity contribution < 1.29 is 14.4 Å². The minimum absolute atomic E-state index is 0.673. The van der Waals surface area contributed by atoms with Gasteiger partial charge in [-0.2, -0.15) is 0 Å². The minimum atomic E-state index is -0.718. The molecule has 3 aromatic rings. The number of rotatable bonds is 4. The molecule has 0 unspecified atom stereocenters. The number of aryl methyl sites for hydroxylation is 1. The molecule has 2 aromatic carbocycles. The van der Waals surface area contributed by atoms with E-state index in [1.165, 1.54) is 0 Å². The van der Waals surface area contributed by atoms with Gasteiger partial charge < -0.3 is 20.3 Å². The van der Waals surface area contributed by atoms with Crippen LogP contribution in [0.15, 0.2) is 40.9 Å². The quantitative estimate of drug-likeness (QED) is 0.626. The van der Waals surface area contributed by atoms with E-state index in [9.17, 15) is 9.90 Å². The van der Waals surface area contributed by atoms with Crippen molar-refractivity contribution in [3.05, 3.63) is 53.3 Å². The molecule has 1 aliphatic heterocycles. The van der Waals surface area contributed by atoms with E-state index < -0.39 is 11.4 Å². The second-order valence-electron chi connectivity index (χ2n) is 7.59. The molecular formula is C22H21N3O3. The molecular weight excluding hydrogens is 354 g/mol. The smallest absolute Gasteiger partial charge is 0.314 e. The van der Waals surface area contributed by atoms with Crippen LogP contribution in [0.1, 0.15) is 29.7 Å². The minimum Gasteiger partial charge on any atom is -0.481 e. The van der Waals surface area contributed by atoms with Gasteiger partial charge in [-0.05, 0) is 42.5 Å². The molecule has 3 N–H and O–H groups in total. The summed E-state index contributed by atoms with van der Waals surface area (Å²) in [5.74, 6) is 0.0398. The lowest BCUT2D eigenvalue weighted by molar-refractivity contribution is -0.140.